The minimum atomic E-state index is -0.0100. The number of hydrogen-bond donors (Lipinski definition) is 2. The molecule has 0 aliphatic carbocycles. The molecule has 0 radical (unpaired) electrons. The van der Waals surface area contributed by atoms with Crippen molar-refractivity contribution in [3.8, 4) is 5.75 Å². The normalized spacial score (nSPS) is 14.5. The quantitative estimate of drug-likeness (QED) is 0.874. The Bertz CT molecular complexity index is 643. The number of hydrogen-bond acceptors (Lipinski definition) is 3. The van der Waals surface area contributed by atoms with Crippen molar-refractivity contribution in [3.63, 3.8) is 0 Å². The molecule has 1 heterocycles. The number of para-hydroxylation sites is 1. The van der Waals surface area contributed by atoms with E-state index in [1.54, 1.807) is 0 Å². The van der Waals surface area contributed by atoms with Crippen LogP contribution in [0.2, 0.25) is 0 Å². The Morgan fingerprint density at radius 2 is 1.71 bits per heavy atom. The average molecular weight is 347 g/mol. The number of rotatable bonds is 5. The van der Waals surface area contributed by atoms with E-state index in [4.69, 9.17) is 4.74 Å². The molecule has 24 heavy (non-hydrogen) atoms. The molecule has 5 heteroatoms. The summed E-state index contributed by atoms with van der Waals surface area (Å²) in [6.45, 7) is 2.31. The summed E-state index contributed by atoms with van der Waals surface area (Å²) in [5, 5.41) is 6.45. The highest BCUT2D eigenvalue weighted by Gasteiger charge is 2.18. The number of nitrogens with one attached hydrogen (secondary N) is 2. The van der Waals surface area contributed by atoms with Crippen molar-refractivity contribution < 1.29 is 9.53 Å². The maximum Gasteiger partial charge on any atom is 0.251 e. The molecule has 2 aromatic carbocycles. The van der Waals surface area contributed by atoms with Gasteiger partial charge >= 0.3 is 0 Å². The Kier molecular flexibility index (Phi) is 7.09. The van der Waals surface area contributed by atoms with Crippen LogP contribution in [0.4, 0.5) is 0 Å². The van der Waals surface area contributed by atoms with Crippen LogP contribution in [0.3, 0.4) is 0 Å². The molecule has 1 aliphatic heterocycles. The molecule has 1 saturated heterocycles. The lowest BCUT2D eigenvalue weighted by Crippen LogP contribution is -2.42. The Labute approximate surface area is 149 Å². The van der Waals surface area contributed by atoms with Gasteiger partial charge in [-0.25, -0.2) is 0 Å². The fraction of sp³-hybridized carbons (Fsp3) is 0.316. The van der Waals surface area contributed by atoms with Crippen molar-refractivity contribution in [2.75, 3.05) is 13.1 Å². The fourth-order valence-corrected chi connectivity index (χ4v) is 2.77. The van der Waals surface area contributed by atoms with Crippen molar-refractivity contribution in [1.82, 2.24) is 10.6 Å². The van der Waals surface area contributed by atoms with Gasteiger partial charge in [-0.2, -0.15) is 0 Å². The third-order valence-electron chi connectivity index (χ3n) is 4.07. The second-order valence-corrected chi connectivity index (χ2v) is 5.76. The molecular weight excluding hydrogens is 324 g/mol. The van der Waals surface area contributed by atoms with Crippen LogP contribution in [-0.2, 0) is 6.61 Å². The monoisotopic (exact) mass is 346 g/mol. The molecule has 2 N–H and O–H groups in total. The summed E-state index contributed by atoms with van der Waals surface area (Å²) in [5.41, 5.74) is 1.60. The number of benzene rings is 2. The SMILES string of the molecule is Cl.O=C(NC1CCNCC1)c1ccccc1COc1ccccc1. The van der Waals surface area contributed by atoms with E-state index < -0.39 is 0 Å². The molecule has 0 spiro atoms. The van der Waals surface area contributed by atoms with Crippen LogP contribution >= 0.6 is 12.4 Å². The summed E-state index contributed by atoms with van der Waals surface area (Å²) in [6.07, 6.45) is 1.96. The van der Waals surface area contributed by atoms with Gasteiger partial charge in [-0.15, -0.1) is 12.4 Å². The first-order chi connectivity index (χ1) is 11.3. The summed E-state index contributed by atoms with van der Waals surface area (Å²) in [4.78, 5) is 12.6. The third kappa shape index (κ3) is 4.98. The van der Waals surface area contributed by atoms with Crippen LogP contribution in [0.5, 0.6) is 5.75 Å². The van der Waals surface area contributed by atoms with Gasteiger partial charge in [0.1, 0.15) is 12.4 Å². The van der Waals surface area contributed by atoms with Crippen molar-refractivity contribution >= 4 is 18.3 Å². The van der Waals surface area contributed by atoms with Crippen LogP contribution < -0.4 is 15.4 Å². The van der Waals surface area contributed by atoms with E-state index in [1.165, 1.54) is 0 Å². The second-order valence-electron chi connectivity index (χ2n) is 5.76. The molecule has 128 valence electrons. The number of carbonyl (C=O) groups excluding carboxylic acids is 1. The van der Waals surface area contributed by atoms with Crippen LogP contribution in [0.1, 0.15) is 28.8 Å². The van der Waals surface area contributed by atoms with Gasteiger partial charge in [-0.3, -0.25) is 4.79 Å². The third-order valence-corrected chi connectivity index (χ3v) is 4.07. The number of ether oxygens (including phenoxy) is 1. The zero-order valence-electron chi connectivity index (χ0n) is 13.5. The maximum atomic E-state index is 12.6. The standard InChI is InChI=1S/C19H22N2O2.ClH/c22-19(21-16-10-12-20-13-11-16)18-9-5-4-6-15(18)14-23-17-7-2-1-3-8-17;/h1-9,16,20H,10-14H2,(H,21,22);1H. The van der Waals surface area contributed by atoms with Gasteiger partial charge in [0.05, 0.1) is 0 Å². The van der Waals surface area contributed by atoms with Crippen LogP contribution in [0, 0.1) is 0 Å². The molecule has 0 unspecified atom stereocenters. The first-order valence-corrected chi connectivity index (χ1v) is 8.10. The highest BCUT2D eigenvalue weighted by Crippen LogP contribution is 2.15. The summed E-state index contributed by atoms with van der Waals surface area (Å²) < 4.78 is 5.78. The Morgan fingerprint density at radius 3 is 2.46 bits per heavy atom. The van der Waals surface area contributed by atoms with Crippen molar-refractivity contribution in [2.24, 2.45) is 0 Å². The van der Waals surface area contributed by atoms with Crippen LogP contribution in [0.25, 0.3) is 0 Å². The molecule has 0 aromatic heterocycles. The summed E-state index contributed by atoms with van der Waals surface area (Å²) in [6, 6.07) is 17.5. The zero-order valence-corrected chi connectivity index (χ0v) is 14.4. The minimum absolute atomic E-state index is 0. The van der Waals surface area contributed by atoms with Gasteiger partial charge in [-0.1, -0.05) is 36.4 Å². The molecule has 0 atom stereocenters. The van der Waals surface area contributed by atoms with E-state index in [2.05, 4.69) is 10.6 Å². The lowest BCUT2D eigenvalue weighted by Gasteiger charge is -2.24. The number of piperidine rings is 1. The summed E-state index contributed by atoms with van der Waals surface area (Å²) in [7, 11) is 0. The van der Waals surface area contributed by atoms with Gasteiger partial charge < -0.3 is 15.4 Å². The topological polar surface area (TPSA) is 50.4 Å². The van der Waals surface area contributed by atoms with Crippen LogP contribution in [-0.4, -0.2) is 25.0 Å². The maximum absolute atomic E-state index is 12.6. The Morgan fingerprint density at radius 1 is 1.04 bits per heavy atom. The van der Waals surface area contributed by atoms with Crippen LogP contribution in [0.15, 0.2) is 54.6 Å². The minimum Gasteiger partial charge on any atom is -0.489 e. The van der Waals surface area contributed by atoms with Crippen molar-refractivity contribution in [2.45, 2.75) is 25.5 Å². The lowest BCUT2D eigenvalue weighted by molar-refractivity contribution is 0.0927. The van der Waals surface area contributed by atoms with E-state index in [0.29, 0.717) is 12.2 Å². The molecule has 1 fully saturated rings. The number of amides is 1. The molecule has 3 rings (SSSR count). The first kappa shape index (κ1) is 18.3. The fourth-order valence-electron chi connectivity index (χ4n) is 2.77. The Balaban J connectivity index is 0.00000208. The number of halogens is 1. The van der Waals surface area contributed by atoms with E-state index in [-0.39, 0.29) is 24.4 Å². The molecule has 1 aliphatic rings. The molecule has 1 amide bonds. The van der Waals surface area contributed by atoms with Gasteiger partial charge in [0.2, 0.25) is 0 Å². The van der Waals surface area contributed by atoms with Gasteiger partial charge in [0.25, 0.3) is 5.91 Å². The lowest BCUT2D eigenvalue weighted by atomic mass is 10.0. The molecule has 0 bridgehead atoms. The highest BCUT2D eigenvalue weighted by molar-refractivity contribution is 5.95. The van der Waals surface area contributed by atoms with Gasteiger partial charge in [-0.05, 0) is 44.1 Å². The molecule has 2 aromatic rings. The highest BCUT2D eigenvalue weighted by atomic mass is 35.5. The first-order valence-electron chi connectivity index (χ1n) is 8.10. The number of carbonyl (C=O) groups is 1. The van der Waals surface area contributed by atoms with Gasteiger partial charge in [0.15, 0.2) is 0 Å². The van der Waals surface area contributed by atoms with E-state index in [1.807, 2.05) is 54.6 Å². The second kappa shape index (κ2) is 9.30. The smallest absolute Gasteiger partial charge is 0.251 e. The predicted octanol–water partition coefficient (Wildman–Crippen LogP) is 3.17. The largest absolute Gasteiger partial charge is 0.489 e. The van der Waals surface area contributed by atoms with Crippen molar-refractivity contribution in [1.29, 1.82) is 0 Å². The zero-order chi connectivity index (χ0) is 15.9. The van der Waals surface area contributed by atoms with Gasteiger partial charge in [0, 0.05) is 17.2 Å². The van der Waals surface area contributed by atoms with E-state index in [0.717, 1.165) is 37.2 Å². The molecular formula is C19H23ClN2O2. The van der Waals surface area contributed by atoms with E-state index in [9.17, 15) is 4.79 Å². The molecule has 0 saturated carbocycles. The average Bonchev–Trinajstić information content (AvgIpc) is 2.62. The summed E-state index contributed by atoms with van der Waals surface area (Å²) in [5.74, 6) is 0.797. The Hall–Kier alpha value is -2.04. The van der Waals surface area contributed by atoms with Crippen molar-refractivity contribution in [3.05, 3.63) is 65.7 Å². The predicted molar refractivity (Wildman–Crippen MR) is 97.8 cm³/mol. The van der Waals surface area contributed by atoms with E-state index >= 15 is 0 Å². The summed E-state index contributed by atoms with van der Waals surface area (Å²) >= 11 is 0. The molecule has 4 nitrogen and oxygen atoms in total.